The fourth-order valence-electron chi connectivity index (χ4n) is 9.18. The summed E-state index contributed by atoms with van der Waals surface area (Å²) >= 11 is 0. The van der Waals surface area contributed by atoms with Crippen LogP contribution < -0.4 is 30.8 Å². The Labute approximate surface area is 543 Å². The van der Waals surface area contributed by atoms with E-state index in [1.54, 1.807) is 69.0 Å². The van der Waals surface area contributed by atoms with E-state index in [0.717, 1.165) is 5.56 Å². The van der Waals surface area contributed by atoms with Crippen LogP contribution in [0.15, 0.2) is 99.9 Å². The number of carbonyl (C=O) groups is 6. The van der Waals surface area contributed by atoms with Crippen LogP contribution in [-0.4, -0.2) is 251 Å². The number of sulfonamides is 2. The van der Waals surface area contributed by atoms with Gasteiger partial charge in [-0.1, -0.05) is 30.3 Å². The summed E-state index contributed by atoms with van der Waals surface area (Å²) in [7, 11) is -6.70. The van der Waals surface area contributed by atoms with Crippen molar-refractivity contribution in [3.63, 3.8) is 0 Å². The number of pyridine rings is 1. The zero-order valence-corrected chi connectivity index (χ0v) is 52.2. The molecule has 1 atom stereocenters. The standard InChI is InChI=1S/C56H76N12O18S2.Lu/c1-64-35-46(53(76)45-13-4-40(32-48(45)64)33-61-56-58-16-17-59-56)54(77)60-34-47(55(78)79)63-88(82,83)44-11-7-42(8-12-44)41-5-9-43(10-6-41)87(80,81)62-15-3-27-85-29-31-86-30-28-84-26-2-14-57-49(69)36-65-18-20-66(37-50(70)71)22-24-68(39-52(74)75)25-23-67(21-19-65)38-51(72)73;/h4-13,16-17,32,35,47,62-63H,2-3,14-15,18-31,33-34,36-39H2,1H3,(H,57,69)(H,60,77)(H,70,71)(H,72,73)(H,74,75)(H,78,79)(H2,58,59,61);/i;1+2. The van der Waals surface area contributed by atoms with E-state index < -0.39 is 67.8 Å². The number of aryl methyl sites for hydroxylation is 1. The van der Waals surface area contributed by atoms with Gasteiger partial charge in [-0.05, 0) is 65.9 Å². The monoisotopic (exact) mass is 1450 g/mol. The van der Waals surface area contributed by atoms with Gasteiger partial charge in [0.15, 0.2) is 5.95 Å². The maximum Gasteiger partial charge on any atom is 0.323 e. The average molecular weight is 1450 g/mol. The number of aromatic nitrogens is 3. The first-order chi connectivity index (χ1) is 42.1. The van der Waals surface area contributed by atoms with Crippen molar-refractivity contribution in [3.05, 3.63) is 107 Å². The van der Waals surface area contributed by atoms with Crippen molar-refractivity contribution in [2.24, 2.45) is 7.05 Å². The van der Waals surface area contributed by atoms with Crippen LogP contribution in [0.5, 0.6) is 0 Å². The number of anilines is 1. The molecule has 2 amide bonds. The molecule has 5 aromatic rings. The van der Waals surface area contributed by atoms with Crippen molar-refractivity contribution >= 4 is 72.6 Å². The number of hydrogen-bond donors (Lipinski definition) is 10. The number of carbonyl (C=O) groups excluding carboxylic acids is 2. The Bertz CT molecular complexity index is 3390. The average Bonchev–Trinajstić information content (AvgIpc) is 3.55. The summed E-state index contributed by atoms with van der Waals surface area (Å²) in [5.74, 6) is -5.30. The normalized spacial score (nSPS) is 14.6. The molecule has 495 valence electrons. The van der Waals surface area contributed by atoms with E-state index in [-0.39, 0.29) is 142 Å². The van der Waals surface area contributed by atoms with Crippen molar-refractivity contribution in [2.45, 2.75) is 35.2 Å². The Morgan fingerprint density at radius 2 is 1.11 bits per heavy atom. The molecule has 0 bridgehead atoms. The van der Waals surface area contributed by atoms with Gasteiger partial charge >= 0.3 is 23.9 Å². The minimum atomic E-state index is -4.45. The second-order valence-electron chi connectivity index (χ2n) is 20.5. The Morgan fingerprint density at radius 1 is 0.629 bits per heavy atom. The predicted octanol–water partition coefficient (Wildman–Crippen LogP) is -0.598. The van der Waals surface area contributed by atoms with E-state index in [2.05, 4.69) is 35.4 Å². The first kappa shape index (κ1) is 73.2. The van der Waals surface area contributed by atoms with E-state index in [4.69, 9.17) is 14.2 Å². The van der Waals surface area contributed by atoms with Gasteiger partial charge in [0.05, 0.1) is 67.9 Å². The van der Waals surface area contributed by atoms with E-state index in [0.29, 0.717) is 94.5 Å². The molecule has 0 saturated carbocycles. The van der Waals surface area contributed by atoms with E-state index in [1.165, 1.54) is 42.6 Å². The molecule has 6 rings (SSSR count). The Kier molecular flexibility index (Phi) is 30.4. The SMILES string of the molecule is Cn1cc(C(=O)NCC(NS(=O)(=O)c2ccc(-c3ccc(S(=O)(=O)NCCCOCCOCCOCCCNC(=O)CN4CCN(CC(=O)O)CCN(CC(=O)O)CCN(CC(=O)O)CC4)cc3)cc2)C(=O)O)c(=O)c2ccc(CNc3ncc[nH]3)cc21.[177Lu]. The number of carboxylic acid groups (broad SMARTS) is 4. The fourth-order valence-corrected chi connectivity index (χ4v) is 11.4. The molecule has 1 aliphatic rings. The van der Waals surface area contributed by atoms with E-state index >= 15 is 0 Å². The molecule has 2 aromatic heterocycles. The van der Waals surface area contributed by atoms with Gasteiger partial charge in [0.2, 0.25) is 31.4 Å². The zero-order valence-electron chi connectivity index (χ0n) is 48.9. The number of nitrogens with one attached hydrogen (secondary N) is 6. The van der Waals surface area contributed by atoms with Gasteiger partial charge in [-0.3, -0.25) is 53.2 Å². The van der Waals surface area contributed by atoms with E-state index in [1.807, 2.05) is 4.90 Å². The molecule has 1 unspecified atom stereocenters. The van der Waals surface area contributed by atoms with Crippen LogP contribution in [0.2, 0.25) is 0 Å². The number of nitrogens with zero attached hydrogens (tertiary/aromatic N) is 6. The molecule has 30 nitrogen and oxygen atoms in total. The van der Waals surface area contributed by atoms with Crippen LogP contribution in [0.1, 0.15) is 28.8 Å². The molecule has 89 heavy (non-hydrogen) atoms. The number of H-pyrrole nitrogens is 1. The second kappa shape index (κ2) is 37.0. The number of hydrogen-bond acceptors (Lipinski definition) is 20. The van der Waals surface area contributed by atoms with Gasteiger partial charge in [-0.25, -0.2) is 26.5 Å². The summed E-state index contributed by atoms with van der Waals surface area (Å²) in [5.41, 5.74) is 1.59. The third-order valence-electron chi connectivity index (χ3n) is 13.8. The number of aromatic amines is 1. The number of fused-ring (bicyclic) bond motifs is 1. The predicted molar refractivity (Wildman–Crippen MR) is 320 cm³/mol. The van der Waals surface area contributed by atoms with Crippen molar-refractivity contribution in [1.82, 2.24) is 54.2 Å². The quantitative estimate of drug-likeness (QED) is 0.0227. The third kappa shape index (κ3) is 25.0. The zero-order chi connectivity index (χ0) is 63.6. The number of imidazole rings is 1. The first-order valence-corrected chi connectivity index (χ1v) is 31.2. The van der Waals surface area contributed by atoms with Crippen LogP contribution in [0, 0.1) is 36.9 Å². The van der Waals surface area contributed by atoms with Crippen LogP contribution in [0.3, 0.4) is 0 Å². The van der Waals surface area contributed by atoms with E-state index in [9.17, 15) is 70.8 Å². The van der Waals surface area contributed by atoms with Gasteiger partial charge in [0, 0.05) is 160 Å². The Balaban J connectivity index is 0.0000144. The van der Waals surface area contributed by atoms with Crippen LogP contribution >= 0.6 is 0 Å². The summed E-state index contributed by atoms with van der Waals surface area (Å²) < 4.78 is 75.7. The molecule has 0 aliphatic carbocycles. The Morgan fingerprint density at radius 3 is 1.60 bits per heavy atom. The third-order valence-corrected chi connectivity index (χ3v) is 16.8. The number of benzene rings is 3. The summed E-state index contributed by atoms with van der Waals surface area (Å²) in [4.78, 5) is 99.9. The van der Waals surface area contributed by atoms with Crippen LogP contribution in [0.4, 0.5) is 5.95 Å². The molecule has 1 fully saturated rings. The summed E-state index contributed by atoms with van der Waals surface area (Å²) in [6, 6.07) is 14.6. The number of ether oxygens (including phenoxy) is 3. The largest absolute Gasteiger partial charge is 0.480 e. The number of amides is 2. The van der Waals surface area contributed by atoms with Gasteiger partial charge in [-0.15, -0.1) is 0 Å². The molecular formula is C56H76LuN12O18S2. The maximum absolute atomic E-state index is 13.4. The molecule has 3 aromatic carbocycles. The molecule has 1 saturated heterocycles. The Hall–Kier alpha value is -6.53. The van der Waals surface area contributed by atoms with Crippen molar-refractivity contribution in [1.29, 1.82) is 0 Å². The van der Waals surface area contributed by atoms with Gasteiger partial charge in [-0.2, -0.15) is 4.72 Å². The van der Waals surface area contributed by atoms with Gasteiger partial charge in [0.25, 0.3) is 5.91 Å². The fraction of sp³-hybridized carbons (Fsp3) is 0.464. The van der Waals surface area contributed by atoms with Crippen LogP contribution in [0.25, 0.3) is 22.0 Å². The van der Waals surface area contributed by atoms with Gasteiger partial charge in [0.1, 0.15) is 11.6 Å². The summed E-state index contributed by atoms with van der Waals surface area (Å²) in [6.45, 7) is 3.41. The number of rotatable bonds is 35. The molecule has 1 aliphatic heterocycles. The topological polar surface area (TPSA) is 403 Å². The first-order valence-electron chi connectivity index (χ1n) is 28.2. The molecule has 10 N–H and O–H groups in total. The molecule has 0 spiro atoms. The molecule has 33 heteroatoms. The minimum absolute atomic E-state index is 0. The summed E-state index contributed by atoms with van der Waals surface area (Å²) in [6.07, 6.45) is 5.48. The number of carboxylic acids is 4. The minimum Gasteiger partial charge on any atom is -0.480 e. The summed E-state index contributed by atoms with van der Waals surface area (Å²) in [5, 5.41) is 46.7. The van der Waals surface area contributed by atoms with Crippen molar-refractivity contribution in [2.75, 3.05) is 143 Å². The molecule has 3 heterocycles. The van der Waals surface area contributed by atoms with Crippen molar-refractivity contribution in [3.8, 4) is 11.1 Å². The second-order valence-corrected chi connectivity index (χ2v) is 24.0. The smallest absolute Gasteiger partial charge is 0.323 e. The molecular weight excluding hydrogens is 1370 g/mol. The number of aliphatic carboxylic acids is 4. The maximum atomic E-state index is 13.4. The van der Waals surface area contributed by atoms with Crippen molar-refractivity contribution < 1.29 is 117 Å². The molecule has 1 radical (unpaired) electrons. The van der Waals surface area contributed by atoms with Crippen LogP contribution in [-0.2, 0) is 71.8 Å². The van der Waals surface area contributed by atoms with Gasteiger partial charge < -0.3 is 60.1 Å².